The van der Waals surface area contributed by atoms with Crippen LogP contribution in [-0.4, -0.2) is 40.3 Å². The summed E-state index contributed by atoms with van der Waals surface area (Å²) in [6, 6.07) is 14.0. The number of anilines is 1. The third-order valence-corrected chi connectivity index (χ3v) is 7.65. The SMILES string of the molecule is CCC1CCCCN1C1CC(=O)N(c2ccc(-c3nc4ccc(C)cc4s3)cc2)C1=O. The standard InChI is InChI=1S/C25H27N3O2S/c1-3-18-6-4-5-13-27(18)21-15-23(29)28(25(21)30)19-10-8-17(9-11-19)24-26-20-12-7-16(2)14-22(20)31-24/h7-12,14,18,21H,3-6,13,15H2,1-2H3. The lowest BCUT2D eigenvalue weighted by atomic mass is 9.97. The molecule has 160 valence electrons. The fraction of sp³-hybridized carbons (Fsp3) is 0.400. The van der Waals surface area contributed by atoms with Crippen molar-refractivity contribution in [3.05, 3.63) is 48.0 Å². The number of nitrogens with zero attached hydrogens (tertiary/aromatic N) is 3. The van der Waals surface area contributed by atoms with Gasteiger partial charge in [0, 0.05) is 11.6 Å². The molecular weight excluding hydrogens is 406 g/mol. The predicted molar refractivity (Wildman–Crippen MR) is 125 cm³/mol. The van der Waals surface area contributed by atoms with E-state index in [4.69, 9.17) is 4.98 Å². The summed E-state index contributed by atoms with van der Waals surface area (Å²) in [5, 5.41) is 0.947. The lowest BCUT2D eigenvalue weighted by Gasteiger charge is -2.38. The Kier molecular flexibility index (Phi) is 5.36. The second-order valence-electron chi connectivity index (χ2n) is 8.62. The van der Waals surface area contributed by atoms with Crippen LogP contribution in [0.5, 0.6) is 0 Å². The maximum Gasteiger partial charge on any atom is 0.251 e. The molecule has 0 spiro atoms. The number of carbonyl (C=O) groups excluding carboxylic acids is 2. The van der Waals surface area contributed by atoms with Crippen molar-refractivity contribution in [3.63, 3.8) is 0 Å². The van der Waals surface area contributed by atoms with Crippen LogP contribution in [0, 0.1) is 6.92 Å². The zero-order chi connectivity index (χ0) is 21.5. The maximum absolute atomic E-state index is 13.2. The molecule has 2 unspecified atom stereocenters. The van der Waals surface area contributed by atoms with Crippen LogP contribution >= 0.6 is 11.3 Å². The van der Waals surface area contributed by atoms with Gasteiger partial charge in [0.1, 0.15) is 5.01 Å². The van der Waals surface area contributed by atoms with E-state index in [2.05, 4.69) is 30.9 Å². The highest BCUT2D eigenvalue weighted by Gasteiger charge is 2.44. The topological polar surface area (TPSA) is 53.5 Å². The van der Waals surface area contributed by atoms with Gasteiger partial charge in [0.25, 0.3) is 5.91 Å². The van der Waals surface area contributed by atoms with Gasteiger partial charge in [-0.3, -0.25) is 14.5 Å². The number of carbonyl (C=O) groups is 2. The Balaban J connectivity index is 1.38. The zero-order valence-corrected chi connectivity index (χ0v) is 18.8. The van der Waals surface area contributed by atoms with Gasteiger partial charge in [0.2, 0.25) is 5.91 Å². The quantitative estimate of drug-likeness (QED) is 0.533. The normalized spacial score (nSPS) is 22.6. The molecule has 3 aromatic rings. The minimum absolute atomic E-state index is 0.0754. The molecule has 2 aromatic carbocycles. The first kappa shape index (κ1) is 20.3. The van der Waals surface area contributed by atoms with E-state index >= 15 is 0 Å². The predicted octanol–water partition coefficient (Wildman–Crippen LogP) is 5.17. The van der Waals surface area contributed by atoms with E-state index in [1.165, 1.54) is 21.6 Å². The van der Waals surface area contributed by atoms with Crippen molar-refractivity contribution in [1.29, 1.82) is 0 Å². The van der Waals surface area contributed by atoms with Gasteiger partial charge in [-0.25, -0.2) is 9.88 Å². The number of amides is 2. The molecule has 0 bridgehead atoms. The van der Waals surface area contributed by atoms with E-state index in [-0.39, 0.29) is 24.3 Å². The van der Waals surface area contributed by atoms with Crippen molar-refractivity contribution in [2.24, 2.45) is 0 Å². The lowest BCUT2D eigenvalue weighted by molar-refractivity contribution is -0.123. The van der Waals surface area contributed by atoms with Crippen molar-refractivity contribution in [2.75, 3.05) is 11.4 Å². The molecule has 2 aliphatic heterocycles. The molecular formula is C25H27N3O2S. The van der Waals surface area contributed by atoms with Gasteiger partial charge in [0.15, 0.2) is 0 Å². The third kappa shape index (κ3) is 3.68. The van der Waals surface area contributed by atoms with Gasteiger partial charge in [-0.1, -0.05) is 19.4 Å². The summed E-state index contributed by atoms with van der Waals surface area (Å²) in [5.41, 5.74) is 3.87. The fourth-order valence-corrected chi connectivity index (χ4v) is 6.00. The number of hydrogen-bond acceptors (Lipinski definition) is 5. The first-order chi connectivity index (χ1) is 15.0. The van der Waals surface area contributed by atoms with Crippen LogP contribution in [0.4, 0.5) is 5.69 Å². The molecule has 0 aliphatic carbocycles. The molecule has 2 aliphatic rings. The summed E-state index contributed by atoms with van der Waals surface area (Å²) < 4.78 is 1.17. The Morgan fingerprint density at radius 2 is 1.90 bits per heavy atom. The largest absolute Gasteiger partial charge is 0.289 e. The lowest BCUT2D eigenvalue weighted by Crippen LogP contribution is -2.49. The Bertz CT molecular complexity index is 1140. The number of aryl methyl sites for hydroxylation is 1. The molecule has 5 nitrogen and oxygen atoms in total. The van der Waals surface area contributed by atoms with E-state index in [1.807, 2.05) is 30.3 Å². The number of benzene rings is 2. The number of thiazole rings is 1. The molecule has 5 rings (SSSR count). The Labute approximate surface area is 186 Å². The molecule has 2 saturated heterocycles. The molecule has 0 N–H and O–H groups in total. The highest BCUT2D eigenvalue weighted by Crippen LogP contribution is 2.34. The monoisotopic (exact) mass is 433 g/mol. The second-order valence-corrected chi connectivity index (χ2v) is 9.65. The number of likely N-dealkylation sites (tertiary alicyclic amines) is 1. The van der Waals surface area contributed by atoms with Crippen molar-refractivity contribution < 1.29 is 9.59 Å². The number of rotatable bonds is 4. The molecule has 0 saturated carbocycles. The Morgan fingerprint density at radius 1 is 1.10 bits per heavy atom. The first-order valence-corrected chi connectivity index (χ1v) is 12.0. The van der Waals surface area contributed by atoms with Gasteiger partial charge in [-0.05, 0) is 74.7 Å². The summed E-state index contributed by atoms with van der Waals surface area (Å²) in [4.78, 5) is 34.4. The number of hydrogen-bond donors (Lipinski definition) is 0. The zero-order valence-electron chi connectivity index (χ0n) is 18.0. The van der Waals surface area contributed by atoms with Crippen LogP contribution in [0.2, 0.25) is 0 Å². The van der Waals surface area contributed by atoms with Crippen molar-refractivity contribution in [1.82, 2.24) is 9.88 Å². The number of fused-ring (bicyclic) bond motifs is 1. The summed E-state index contributed by atoms with van der Waals surface area (Å²) in [7, 11) is 0. The van der Waals surface area contributed by atoms with Gasteiger partial charge in [-0.15, -0.1) is 11.3 Å². The number of piperidine rings is 1. The smallest absolute Gasteiger partial charge is 0.251 e. The van der Waals surface area contributed by atoms with Crippen molar-refractivity contribution in [3.8, 4) is 10.6 Å². The molecule has 2 fully saturated rings. The van der Waals surface area contributed by atoms with E-state index in [0.29, 0.717) is 11.7 Å². The number of imide groups is 1. The average Bonchev–Trinajstić information content (AvgIpc) is 3.33. The van der Waals surface area contributed by atoms with Crippen LogP contribution in [-0.2, 0) is 9.59 Å². The van der Waals surface area contributed by atoms with Gasteiger partial charge >= 0.3 is 0 Å². The molecule has 3 heterocycles. The van der Waals surface area contributed by atoms with Crippen LogP contribution in [0.25, 0.3) is 20.8 Å². The van der Waals surface area contributed by atoms with Gasteiger partial charge in [-0.2, -0.15) is 0 Å². The molecule has 2 amide bonds. The highest BCUT2D eigenvalue weighted by molar-refractivity contribution is 7.21. The van der Waals surface area contributed by atoms with E-state index in [1.54, 1.807) is 11.3 Å². The Hall–Kier alpha value is -2.57. The maximum atomic E-state index is 13.2. The van der Waals surface area contributed by atoms with Crippen LogP contribution in [0.1, 0.15) is 44.6 Å². The Morgan fingerprint density at radius 3 is 2.68 bits per heavy atom. The van der Waals surface area contributed by atoms with E-state index in [9.17, 15) is 9.59 Å². The van der Waals surface area contributed by atoms with Gasteiger partial charge < -0.3 is 0 Å². The molecule has 31 heavy (non-hydrogen) atoms. The summed E-state index contributed by atoms with van der Waals surface area (Å²) >= 11 is 1.66. The minimum Gasteiger partial charge on any atom is -0.289 e. The first-order valence-electron chi connectivity index (χ1n) is 11.2. The molecule has 0 radical (unpaired) electrons. The van der Waals surface area contributed by atoms with E-state index < -0.39 is 0 Å². The average molecular weight is 434 g/mol. The van der Waals surface area contributed by atoms with Crippen LogP contribution < -0.4 is 4.90 Å². The van der Waals surface area contributed by atoms with Crippen LogP contribution in [0.15, 0.2) is 42.5 Å². The summed E-state index contributed by atoms with van der Waals surface area (Å²) in [6.45, 7) is 5.16. The molecule has 2 atom stereocenters. The summed E-state index contributed by atoms with van der Waals surface area (Å²) in [6.07, 6.45) is 4.73. The second kappa shape index (κ2) is 8.17. The van der Waals surface area contributed by atoms with Gasteiger partial charge in [0.05, 0.1) is 28.4 Å². The van der Waals surface area contributed by atoms with Crippen molar-refractivity contribution in [2.45, 2.75) is 58.0 Å². The van der Waals surface area contributed by atoms with Crippen molar-refractivity contribution >= 4 is 39.1 Å². The highest BCUT2D eigenvalue weighted by atomic mass is 32.1. The number of aromatic nitrogens is 1. The minimum atomic E-state index is -0.315. The molecule has 6 heteroatoms. The molecule has 1 aromatic heterocycles. The fourth-order valence-electron chi connectivity index (χ4n) is 4.93. The van der Waals surface area contributed by atoms with Crippen LogP contribution in [0.3, 0.4) is 0 Å². The third-order valence-electron chi connectivity index (χ3n) is 6.58. The van der Waals surface area contributed by atoms with E-state index in [0.717, 1.165) is 41.9 Å². The summed E-state index contributed by atoms with van der Waals surface area (Å²) in [5.74, 6) is -0.174.